The molecule has 0 aromatic carbocycles. The lowest BCUT2D eigenvalue weighted by atomic mass is 10.1. The van der Waals surface area contributed by atoms with Crippen LogP contribution in [0.3, 0.4) is 0 Å². The first-order chi connectivity index (χ1) is 8.01. The number of aliphatic hydroxyl groups is 2. The minimum atomic E-state index is -0.805. The number of carbonyl (C=O) groups excluding carboxylic acids is 1. The number of aromatic nitrogens is 2. The predicted molar refractivity (Wildman–Crippen MR) is 60.5 cm³/mol. The van der Waals surface area contributed by atoms with Gasteiger partial charge in [0.2, 0.25) is 0 Å². The largest absolute Gasteiger partial charge is 0.461 e. The second-order valence-corrected chi connectivity index (χ2v) is 3.63. The number of H-pyrrole nitrogens is 1. The van der Waals surface area contributed by atoms with Crippen LogP contribution in [0.25, 0.3) is 0 Å². The summed E-state index contributed by atoms with van der Waals surface area (Å²) in [6, 6.07) is 0. The van der Waals surface area contributed by atoms with Gasteiger partial charge in [0, 0.05) is 0 Å². The maximum absolute atomic E-state index is 11.4. The molecule has 0 radical (unpaired) electrons. The van der Waals surface area contributed by atoms with E-state index in [1.165, 1.54) is 6.92 Å². The van der Waals surface area contributed by atoms with Crippen LogP contribution in [0.15, 0.2) is 0 Å². The molecule has 1 heterocycles. The van der Waals surface area contributed by atoms with Crippen molar-refractivity contribution in [2.24, 2.45) is 0 Å². The van der Waals surface area contributed by atoms with E-state index in [0.29, 0.717) is 0 Å². The third-order valence-corrected chi connectivity index (χ3v) is 2.35. The highest BCUT2D eigenvalue weighted by molar-refractivity contribution is 5.92. The lowest BCUT2D eigenvalue weighted by Crippen LogP contribution is -2.19. The number of nitrogens with one attached hydrogen (secondary N) is 1. The van der Waals surface area contributed by atoms with E-state index in [4.69, 9.17) is 15.6 Å². The van der Waals surface area contributed by atoms with E-state index in [1.807, 2.05) is 0 Å². The molecule has 0 saturated heterocycles. The summed E-state index contributed by atoms with van der Waals surface area (Å²) in [5, 5.41) is 18.5. The molecule has 0 aliphatic heterocycles. The van der Waals surface area contributed by atoms with E-state index in [1.54, 1.807) is 6.92 Å². The van der Waals surface area contributed by atoms with Gasteiger partial charge in [-0.3, -0.25) is 0 Å². The number of carbonyl (C=O) groups is 1. The molecule has 0 saturated carbocycles. The van der Waals surface area contributed by atoms with Gasteiger partial charge in [0.15, 0.2) is 5.69 Å². The lowest BCUT2D eigenvalue weighted by molar-refractivity contribution is 0.0520. The molecular weight excluding hydrogens is 226 g/mol. The Hall–Kier alpha value is -1.60. The fourth-order valence-corrected chi connectivity index (χ4v) is 1.40. The molecule has 7 nitrogen and oxygen atoms in total. The number of rotatable bonds is 5. The Bertz CT molecular complexity index is 389. The molecule has 0 fully saturated rings. The second kappa shape index (κ2) is 5.65. The fourth-order valence-electron chi connectivity index (χ4n) is 1.40. The van der Waals surface area contributed by atoms with Crippen LogP contribution in [0.4, 0.5) is 5.82 Å². The summed E-state index contributed by atoms with van der Waals surface area (Å²) in [4.78, 5) is 18.1. The van der Waals surface area contributed by atoms with E-state index < -0.39 is 18.0 Å². The fraction of sp³-hybridized carbons (Fsp3) is 0.600. The van der Waals surface area contributed by atoms with Gasteiger partial charge in [0.25, 0.3) is 0 Å². The minimum Gasteiger partial charge on any atom is -0.461 e. The summed E-state index contributed by atoms with van der Waals surface area (Å²) >= 11 is 0. The number of hydrogen-bond acceptors (Lipinski definition) is 6. The van der Waals surface area contributed by atoms with Crippen LogP contribution < -0.4 is 5.73 Å². The molecule has 7 heteroatoms. The molecule has 5 N–H and O–H groups in total. The second-order valence-electron chi connectivity index (χ2n) is 3.63. The zero-order valence-electron chi connectivity index (χ0n) is 9.80. The Balaban J connectivity index is 2.98. The number of nitrogens with zero attached hydrogens (tertiary/aromatic N) is 1. The lowest BCUT2D eigenvalue weighted by Gasteiger charge is -2.13. The third kappa shape index (κ3) is 2.95. The van der Waals surface area contributed by atoms with Gasteiger partial charge in [-0.05, 0) is 13.8 Å². The summed E-state index contributed by atoms with van der Waals surface area (Å²) in [7, 11) is 0. The van der Waals surface area contributed by atoms with Crippen molar-refractivity contribution < 1.29 is 19.7 Å². The normalized spacial score (nSPS) is 14.4. The van der Waals surface area contributed by atoms with E-state index >= 15 is 0 Å². The average Bonchev–Trinajstić information content (AvgIpc) is 2.61. The van der Waals surface area contributed by atoms with Gasteiger partial charge in [0.05, 0.1) is 25.2 Å². The van der Waals surface area contributed by atoms with E-state index in [2.05, 4.69) is 9.97 Å². The number of imidazole rings is 1. The molecule has 1 aromatic heterocycles. The zero-order chi connectivity index (χ0) is 13.0. The molecule has 17 heavy (non-hydrogen) atoms. The molecule has 0 aliphatic carbocycles. The highest BCUT2D eigenvalue weighted by Crippen LogP contribution is 2.20. The number of esters is 1. The van der Waals surface area contributed by atoms with Crippen molar-refractivity contribution in [1.29, 1.82) is 0 Å². The SMILES string of the molecule is CCOC(=O)c1nc([C@H](CO)[C@H](C)O)[nH]c1N. The average molecular weight is 243 g/mol. The number of aliphatic hydroxyl groups excluding tert-OH is 2. The van der Waals surface area contributed by atoms with Crippen LogP contribution in [-0.4, -0.2) is 45.5 Å². The highest BCUT2D eigenvalue weighted by atomic mass is 16.5. The molecule has 0 aliphatic rings. The molecule has 0 amide bonds. The maximum atomic E-state index is 11.4. The van der Waals surface area contributed by atoms with Crippen LogP contribution in [-0.2, 0) is 4.74 Å². The first kappa shape index (κ1) is 13.5. The van der Waals surface area contributed by atoms with E-state index in [9.17, 15) is 9.90 Å². The van der Waals surface area contributed by atoms with Gasteiger partial charge in [-0.25, -0.2) is 9.78 Å². The van der Waals surface area contributed by atoms with Crippen LogP contribution in [0.2, 0.25) is 0 Å². The van der Waals surface area contributed by atoms with E-state index in [0.717, 1.165) is 0 Å². The number of ether oxygens (including phenoxy) is 1. The number of nitrogen functional groups attached to an aromatic ring is 1. The Morgan fingerprint density at radius 2 is 2.29 bits per heavy atom. The summed E-state index contributed by atoms with van der Waals surface area (Å²) in [5.74, 6) is -0.907. The maximum Gasteiger partial charge on any atom is 0.360 e. The Labute approximate surface area is 98.6 Å². The Morgan fingerprint density at radius 1 is 1.65 bits per heavy atom. The van der Waals surface area contributed by atoms with Crippen molar-refractivity contribution in [3.63, 3.8) is 0 Å². The topological polar surface area (TPSA) is 121 Å². The van der Waals surface area contributed by atoms with Crippen molar-refractivity contribution >= 4 is 11.8 Å². The molecule has 96 valence electrons. The summed E-state index contributed by atoms with van der Waals surface area (Å²) in [5.41, 5.74) is 5.56. The monoisotopic (exact) mass is 243 g/mol. The summed E-state index contributed by atoms with van der Waals surface area (Å²) in [6.07, 6.45) is -0.805. The standard InChI is InChI=1S/C10H17N3O4/c1-3-17-10(16)7-8(11)13-9(12-7)6(4-14)5(2)15/h5-6,14-15H,3-4,11H2,1-2H3,(H,12,13)/t5-,6+/m0/s1. The van der Waals surface area contributed by atoms with Crippen molar-refractivity contribution in [1.82, 2.24) is 9.97 Å². The van der Waals surface area contributed by atoms with Crippen molar-refractivity contribution in [3.05, 3.63) is 11.5 Å². The van der Waals surface area contributed by atoms with Gasteiger partial charge in [0.1, 0.15) is 11.6 Å². The van der Waals surface area contributed by atoms with Gasteiger partial charge < -0.3 is 25.7 Å². The number of anilines is 1. The molecular formula is C10H17N3O4. The predicted octanol–water partition coefficient (Wildman–Crippen LogP) is -0.375. The quantitative estimate of drug-likeness (QED) is 0.523. The van der Waals surface area contributed by atoms with Crippen LogP contribution in [0, 0.1) is 0 Å². The smallest absolute Gasteiger partial charge is 0.360 e. The first-order valence-electron chi connectivity index (χ1n) is 5.32. The highest BCUT2D eigenvalue weighted by Gasteiger charge is 2.24. The number of aromatic amines is 1. The van der Waals surface area contributed by atoms with Crippen LogP contribution >= 0.6 is 0 Å². The van der Waals surface area contributed by atoms with Crippen molar-refractivity contribution in [2.45, 2.75) is 25.9 Å². The zero-order valence-corrected chi connectivity index (χ0v) is 9.80. The Morgan fingerprint density at radius 3 is 2.76 bits per heavy atom. The minimum absolute atomic E-state index is 0.0269. The van der Waals surface area contributed by atoms with Gasteiger partial charge in [-0.15, -0.1) is 0 Å². The third-order valence-electron chi connectivity index (χ3n) is 2.35. The van der Waals surface area contributed by atoms with Crippen LogP contribution in [0.1, 0.15) is 36.1 Å². The summed E-state index contributed by atoms with van der Waals surface area (Å²) < 4.78 is 4.77. The Kier molecular flexibility index (Phi) is 4.47. The summed E-state index contributed by atoms with van der Waals surface area (Å²) in [6.45, 7) is 3.12. The molecule has 1 aromatic rings. The molecule has 0 bridgehead atoms. The molecule has 1 rings (SSSR count). The number of nitrogens with two attached hydrogens (primary N) is 1. The van der Waals surface area contributed by atoms with Gasteiger partial charge in [-0.1, -0.05) is 0 Å². The number of hydrogen-bond donors (Lipinski definition) is 4. The van der Waals surface area contributed by atoms with Crippen LogP contribution in [0.5, 0.6) is 0 Å². The molecule has 0 unspecified atom stereocenters. The molecule has 0 spiro atoms. The van der Waals surface area contributed by atoms with Crippen molar-refractivity contribution in [2.75, 3.05) is 18.9 Å². The van der Waals surface area contributed by atoms with Crippen molar-refractivity contribution in [3.8, 4) is 0 Å². The molecule has 2 atom stereocenters. The van der Waals surface area contributed by atoms with E-state index in [-0.39, 0.29) is 30.5 Å². The first-order valence-corrected chi connectivity index (χ1v) is 5.32. The van der Waals surface area contributed by atoms with Gasteiger partial charge in [-0.2, -0.15) is 0 Å². The van der Waals surface area contributed by atoms with Gasteiger partial charge >= 0.3 is 5.97 Å².